The Labute approximate surface area is 789 Å². The summed E-state index contributed by atoms with van der Waals surface area (Å²) in [4.78, 5) is 48.7. The van der Waals surface area contributed by atoms with Crippen LogP contribution in [0.2, 0.25) is 0 Å². The number of hydrogen-bond acceptors (Lipinski definition) is 9. The van der Waals surface area contributed by atoms with E-state index in [2.05, 4.69) is 428 Å². The van der Waals surface area contributed by atoms with Crippen molar-refractivity contribution in [2.45, 2.75) is 0 Å². The molecule has 0 unspecified atom stereocenters. The minimum Gasteiger partial charge on any atom is -0.309 e. The molecule has 642 valence electrons. The lowest BCUT2D eigenvalue weighted by Crippen LogP contribution is -2.06. The van der Waals surface area contributed by atoms with Crippen LogP contribution in [0.3, 0.4) is 0 Å². The van der Waals surface area contributed by atoms with Crippen LogP contribution in [-0.4, -0.2) is 72.3 Å². The molecule has 0 atom stereocenters. The Balaban J connectivity index is 0.522. The maximum atomic E-state index is 5.60. The van der Waals surface area contributed by atoms with Crippen molar-refractivity contribution in [3.05, 3.63) is 455 Å². The highest BCUT2D eigenvalue weighted by Crippen LogP contribution is 2.47. The van der Waals surface area contributed by atoms with Gasteiger partial charge in [0.1, 0.15) is 0 Å². The first-order valence-electron chi connectivity index (χ1n) is 46.4. The molecule has 0 spiro atoms. The first-order valence-corrected chi connectivity index (χ1v) is 46.4. The van der Waals surface area contributed by atoms with E-state index < -0.39 is 0 Å². The minimum atomic E-state index is 0.493. The van der Waals surface area contributed by atoms with Crippen LogP contribution in [0, 0.1) is 0 Å². The molecule has 0 fully saturated rings. The molecule has 15 nitrogen and oxygen atoms in total. The van der Waals surface area contributed by atoms with Crippen LogP contribution in [0.25, 0.3) is 267 Å². The Hall–Kier alpha value is -19.0. The van der Waals surface area contributed by atoms with E-state index in [0.29, 0.717) is 52.8 Å². The number of aromatic nitrogens is 15. The number of benzene rings is 19. The quantitative estimate of drug-likeness (QED) is 0.0979. The van der Waals surface area contributed by atoms with Crippen molar-refractivity contribution < 1.29 is 0 Å². The van der Waals surface area contributed by atoms with E-state index in [1.807, 2.05) is 54.6 Å². The van der Waals surface area contributed by atoms with Crippen LogP contribution in [0.5, 0.6) is 0 Å². The van der Waals surface area contributed by atoms with Crippen LogP contribution in [-0.2, 0) is 0 Å². The Bertz CT molecular complexity index is 9830. The molecular formula is C123H75N15. The summed E-state index contributed by atoms with van der Waals surface area (Å²) < 4.78 is 13.8. The zero-order valence-corrected chi connectivity index (χ0v) is 74.0. The summed E-state index contributed by atoms with van der Waals surface area (Å²) in [5.74, 6) is 4.87. The lowest BCUT2D eigenvalue weighted by molar-refractivity contribution is 0.953. The van der Waals surface area contributed by atoms with Gasteiger partial charge in [-0.3, -0.25) is 13.7 Å². The van der Waals surface area contributed by atoms with Gasteiger partial charge in [0.2, 0.25) is 17.8 Å². The molecule has 0 aliphatic carbocycles. The Morgan fingerprint density at radius 2 is 0.377 bits per heavy atom. The third kappa shape index (κ3) is 12.6. The highest BCUT2D eigenvalue weighted by atomic mass is 15.2. The second-order valence-corrected chi connectivity index (χ2v) is 35.2. The third-order valence-electron chi connectivity index (χ3n) is 27.4. The molecule has 0 amide bonds. The van der Waals surface area contributed by atoms with Gasteiger partial charge in [-0.2, -0.15) is 29.9 Å². The second-order valence-electron chi connectivity index (χ2n) is 35.2. The van der Waals surface area contributed by atoms with Crippen molar-refractivity contribution in [1.29, 1.82) is 0 Å². The van der Waals surface area contributed by atoms with Crippen LogP contribution >= 0.6 is 0 Å². The normalized spacial score (nSPS) is 11.9. The molecule has 0 saturated heterocycles. The highest BCUT2D eigenvalue weighted by Gasteiger charge is 2.28. The molecule has 0 saturated carbocycles. The van der Waals surface area contributed by atoms with Gasteiger partial charge < -0.3 is 13.7 Å². The molecule has 9 heterocycles. The van der Waals surface area contributed by atoms with Gasteiger partial charge in [0.25, 0.3) is 0 Å². The molecule has 15 heteroatoms. The number of rotatable bonds is 15. The van der Waals surface area contributed by atoms with Gasteiger partial charge in [-0.25, -0.2) is 15.0 Å². The molecule has 28 rings (SSSR count). The Morgan fingerprint density at radius 1 is 0.123 bits per heavy atom. The number of nitrogens with zero attached hydrogens (tertiary/aromatic N) is 15. The molecule has 0 aliphatic rings. The topological polar surface area (TPSA) is 146 Å². The van der Waals surface area contributed by atoms with Crippen molar-refractivity contribution in [2.75, 3.05) is 0 Å². The molecule has 0 radical (unpaired) electrons. The average molecular weight is 1760 g/mol. The lowest BCUT2D eigenvalue weighted by atomic mass is 10.0. The van der Waals surface area contributed by atoms with Crippen LogP contribution < -0.4 is 0 Å². The van der Waals surface area contributed by atoms with Crippen molar-refractivity contribution in [1.82, 2.24) is 72.3 Å². The lowest BCUT2D eigenvalue weighted by Gasteiger charge is -2.13. The van der Waals surface area contributed by atoms with E-state index in [9.17, 15) is 0 Å². The summed E-state index contributed by atoms with van der Waals surface area (Å²) in [6.45, 7) is 0. The maximum absolute atomic E-state index is 5.60. The highest BCUT2D eigenvalue weighted by molar-refractivity contribution is 6.27. The van der Waals surface area contributed by atoms with Gasteiger partial charge in [0.05, 0.1) is 66.2 Å². The van der Waals surface area contributed by atoms with Crippen molar-refractivity contribution in [3.8, 4) is 137 Å². The summed E-state index contributed by atoms with van der Waals surface area (Å²) >= 11 is 0. The predicted molar refractivity (Wildman–Crippen MR) is 562 cm³/mol. The molecule has 9 aromatic heterocycles. The largest absolute Gasteiger partial charge is 0.309 e. The summed E-state index contributed by atoms with van der Waals surface area (Å²) in [7, 11) is 0. The van der Waals surface area contributed by atoms with Gasteiger partial charge in [-0.05, 0) is 161 Å². The second kappa shape index (κ2) is 31.4. The van der Waals surface area contributed by atoms with Gasteiger partial charge in [0.15, 0.2) is 34.9 Å². The van der Waals surface area contributed by atoms with Crippen LogP contribution in [0.15, 0.2) is 455 Å². The first-order chi connectivity index (χ1) is 68.4. The van der Waals surface area contributed by atoms with Gasteiger partial charge in [-0.1, -0.05) is 328 Å². The standard InChI is InChI=1S/C123H75N15/c1-6-30-78(31-7-1)115-124-118(129-122(128-115)137-105-53-25-20-48-95(105)101-74-111-100(75-112(101)137)94-47-18-23-51-103(94)135(111)89-42-14-5-15-43-89)81-58-56-76(57-59-81)82-36-28-39-87(70-82)120-126-117(80-34-10-3-11-35-80)130-123(132-120)138-106-54-26-16-44-91(106)96-66-69-110-113(114(96)138)97-49-21-27-55-107(97)134(110)90-64-60-77(61-65-90)83-37-29-38-86(71-83)119-125-116(79-32-8-2-9-33-79)127-121(131-119)136-104-52-24-19-46-93(104)99-73-85(63-68-109(99)136)84-62-67-108-98(72-84)92-45-17-22-50-102(92)133(108)88-40-12-4-13-41-88/h1-75H. The first kappa shape index (κ1) is 77.7. The molecule has 0 aliphatic heterocycles. The van der Waals surface area contributed by atoms with E-state index in [0.717, 1.165) is 198 Å². The molecule has 19 aromatic carbocycles. The summed E-state index contributed by atoms with van der Waals surface area (Å²) in [6, 6.07) is 161. The number of hydrogen-bond donors (Lipinski definition) is 0. The third-order valence-corrected chi connectivity index (χ3v) is 27.4. The van der Waals surface area contributed by atoms with Crippen LogP contribution in [0.4, 0.5) is 0 Å². The van der Waals surface area contributed by atoms with Crippen molar-refractivity contribution >= 4 is 131 Å². The monoisotopic (exact) mass is 1760 g/mol. The van der Waals surface area contributed by atoms with E-state index in [1.165, 1.54) is 16.3 Å². The zero-order valence-electron chi connectivity index (χ0n) is 74.0. The van der Waals surface area contributed by atoms with E-state index in [4.69, 9.17) is 44.9 Å². The SMILES string of the molecule is c1ccc(-c2nc(-c3cccc(-c4ccc(-n5c6ccccc6c6c5ccc5c7ccccc7n(-c7nc(-c8ccccc8)nc(-c8cccc(-c9ccc(-c%10nc(-c%11ccccc%11)nc(-n%11c%12ccccc%12c%12cc%13c(cc%12%11)c%11ccccc%11n%13-c%11ccccc%11)n%10)cc9)c8)n7)c56)cc4)c3)nc(-n3c4ccccc4c4cc(-c5ccc6c(c5)c5ccccc5n6-c5ccccc5)ccc43)n2)cc1. The van der Waals surface area contributed by atoms with Crippen molar-refractivity contribution in [2.24, 2.45) is 0 Å². The number of para-hydroxylation sites is 8. The maximum Gasteiger partial charge on any atom is 0.238 e. The van der Waals surface area contributed by atoms with Crippen LogP contribution in [0.1, 0.15) is 0 Å². The van der Waals surface area contributed by atoms with Crippen molar-refractivity contribution in [3.63, 3.8) is 0 Å². The fraction of sp³-hybridized carbons (Fsp3) is 0. The fourth-order valence-corrected chi connectivity index (χ4v) is 21.1. The Morgan fingerprint density at radius 3 is 0.819 bits per heavy atom. The molecular weight excluding hydrogens is 1690 g/mol. The molecule has 28 aromatic rings. The number of fused-ring (bicyclic) bond motifs is 19. The molecule has 138 heavy (non-hydrogen) atoms. The summed E-state index contributed by atoms with van der Waals surface area (Å²) in [5.41, 5.74) is 27.3. The summed E-state index contributed by atoms with van der Waals surface area (Å²) in [6.07, 6.45) is 0. The Kier molecular flexibility index (Phi) is 17.7. The van der Waals surface area contributed by atoms with Gasteiger partial charge in [0, 0.05) is 115 Å². The van der Waals surface area contributed by atoms with E-state index in [1.54, 1.807) is 0 Å². The van der Waals surface area contributed by atoms with Gasteiger partial charge in [-0.15, -0.1) is 0 Å². The smallest absolute Gasteiger partial charge is 0.238 e. The zero-order chi connectivity index (χ0) is 90.6. The predicted octanol–water partition coefficient (Wildman–Crippen LogP) is 29.8. The van der Waals surface area contributed by atoms with Gasteiger partial charge >= 0.3 is 0 Å². The fourth-order valence-electron chi connectivity index (χ4n) is 21.1. The molecule has 0 N–H and O–H groups in total. The molecule has 0 bridgehead atoms. The average Bonchev–Trinajstić information content (AvgIpc) is 1.58. The van der Waals surface area contributed by atoms with E-state index in [-0.39, 0.29) is 0 Å². The minimum absolute atomic E-state index is 0.493. The van der Waals surface area contributed by atoms with E-state index >= 15 is 0 Å². The summed E-state index contributed by atoms with van der Waals surface area (Å²) in [5, 5.41) is 13.4.